The molecule has 0 aromatic carbocycles. The van der Waals surface area contributed by atoms with Crippen LogP contribution >= 0.6 is 0 Å². The van der Waals surface area contributed by atoms with E-state index in [2.05, 4.69) is 9.83 Å². The van der Waals surface area contributed by atoms with Crippen LogP contribution in [0, 0.1) is 18.2 Å². The van der Waals surface area contributed by atoms with Gasteiger partial charge < -0.3 is 4.85 Å². The Labute approximate surface area is 68.7 Å². The molecule has 0 spiro atoms. The fourth-order valence-corrected chi connectivity index (χ4v) is 0.845. The maximum Gasteiger partial charge on any atom is 0.218 e. The van der Waals surface area contributed by atoms with Crippen molar-refractivity contribution in [2.75, 3.05) is 6.54 Å². The summed E-state index contributed by atoms with van der Waals surface area (Å²) in [4.78, 5) is 6.33. The van der Waals surface area contributed by atoms with E-state index >= 15 is 0 Å². The van der Waals surface area contributed by atoms with Crippen LogP contribution in [0.3, 0.4) is 0 Å². The standard InChI is InChI=1S/C8H6F2N2/c1-11-3-2-6-7(9)4-12-5-8(6)10/h4-5H,2-3H2. The van der Waals surface area contributed by atoms with Crippen molar-refractivity contribution in [3.8, 4) is 0 Å². The quantitative estimate of drug-likeness (QED) is 0.615. The van der Waals surface area contributed by atoms with Crippen molar-refractivity contribution in [1.82, 2.24) is 4.98 Å². The van der Waals surface area contributed by atoms with E-state index < -0.39 is 11.6 Å². The molecule has 0 saturated heterocycles. The lowest BCUT2D eigenvalue weighted by Gasteiger charge is -1.98. The summed E-state index contributed by atoms with van der Waals surface area (Å²) in [6.07, 6.45) is 1.99. The lowest BCUT2D eigenvalue weighted by molar-refractivity contribution is 0.548. The van der Waals surface area contributed by atoms with Gasteiger partial charge in [0.05, 0.1) is 18.8 Å². The van der Waals surface area contributed by atoms with Gasteiger partial charge in [-0.2, -0.15) is 0 Å². The molecular weight excluding hydrogens is 162 g/mol. The minimum absolute atomic E-state index is 0.0546. The summed E-state index contributed by atoms with van der Waals surface area (Å²) in [5.74, 6) is -1.36. The topological polar surface area (TPSA) is 17.2 Å². The summed E-state index contributed by atoms with van der Waals surface area (Å²) >= 11 is 0. The van der Waals surface area contributed by atoms with E-state index in [1.54, 1.807) is 0 Å². The van der Waals surface area contributed by atoms with Gasteiger partial charge >= 0.3 is 0 Å². The molecule has 1 aromatic heterocycles. The normalized spacial score (nSPS) is 9.42. The number of pyridine rings is 1. The zero-order chi connectivity index (χ0) is 8.97. The fourth-order valence-electron chi connectivity index (χ4n) is 0.845. The van der Waals surface area contributed by atoms with Gasteiger partial charge in [0.1, 0.15) is 11.6 Å². The Bertz CT molecular complexity index is 297. The molecule has 4 heteroatoms. The minimum Gasteiger partial charge on any atom is -0.317 e. The average Bonchev–Trinajstić information content (AvgIpc) is 2.04. The highest BCUT2D eigenvalue weighted by Crippen LogP contribution is 2.10. The maximum atomic E-state index is 12.8. The van der Waals surface area contributed by atoms with Gasteiger partial charge in [-0.3, -0.25) is 4.98 Å². The van der Waals surface area contributed by atoms with E-state index in [0.29, 0.717) is 0 Å². The Hall–Kier alpha value is -1.50. The van der Waals surface area contributed by atoms with Crippen LogP contribution in [-0.4, -0.2) is 11.5 Å². The molecule has 0 radical (unpaired) electrons. The molecule has 12 heavy (non-hydrogen) atoms. The third-order valence-electron chi connectivity index (χ3n) is 1.43. The highest BCUT2D eigenvalue weighted by molar-refractivity contribution is 5.15. The second kappa shape index (κ2) is 3.77. The number of rotatable bonds is 2. The summed E-state index contributed by atoms with van der Waals surface area (Å²) in [6, 6.07) is 0. The lowest BCUT2D eigenvalue weighted by atomic mass is 10.2. The van der Waals surface area contributed by atoms with E-state index in [0.717, 1.165) is 12.4 Å². The number of halogens is 2. The monoisotopic (exact) mass is 168 g/mol. The van der Waals surface area contributed by atoms with E-state index in [-0.39, 0.29) is 18.5 Å². The van der Waals surface area contributed by atoms with Gasteiger partial charge in [0.15, 0.2) is 0 Å². The summed E-state index contributed by atoms with van der Waals surface area (Å²) in [7, 11) is 0. The van der Waals surface area contributed by atoms with Crippen molar-refractivity contribution in [2.45, 2.75) is 6.42 Å². The largest absolute Gasteiger partial charge is 0.317 e. The van der Waals surface area contributed by atoms with Crippen LogP contribution in [-0.2, 0) is 6.42 Å². The first-order valence-electron chi connectivity index (χ1n) is 3.37. The van der Waals surface area contributed by atoms with Gasteiger partial charge in [-0.1, -0.05) is 0 Å². The zero-order valence-electron chi connectivity index (χ0n) is 6.22. The Morgan fingerprint density at radius 2 is 1.92 bits per heavy atom. The van der Waals surface area contributed by atoms with Gasteiger partial charge in [0.2, 0.25) is 6.54 Å². The molecule has 0 fully saturated rings. The molecular formula is C8H6F2N2. The van der Waals surface area contributed by atoms with Crippen LogP contribution in [0.5, 0.6) is 0 Å². The van der Waals surface area contributed by atoms with Crippen molar-refractivity contribution in [3.63, 3.8) is 0 Å². The molecule has 0 aliphatic heterocycles. The molecule has 0 saturated carbocycles. The van der Waals surface area contributed by atoms with Crippen molar-refractivity contribution >= 4 is 0 Å². The van der Waals surface area contributed by atoms with Crippen molar-refractivity contribution in [2.24, 2.45) is 0 Å². The maximum absolute atomic E-state index is 12.8. The predicted molar refractivity (Wildman–Crippen MR) is 39.3 cm³/mol. The van der Waals surface area contributed by atoms with Gasteiger partial charge in [-0.05, 0) is 0 Å². The Morgan fingerprint density at radius 1 is 1.33 bits per heavy atom. The predicted octanol–water partition coefficient (Wildman–Crippen LogP) is 1.82. The smallest absolute Gasteiger partial charge is 0.218 e. The van der Waals surface area contributed by atoms with E-state index in [4.69, 9.17) is 6.57 Å². The van der Waals surface area contributed by atoms with Gasteiger partial charge in [-0.15, -0.1) is 0 Å². The second-order valence-corrected chi connectivity index (χ2v) is 2.21. The fraction of sp³-hybridized carbons (Fsp3) is 0.250. The third-order valence-corrected chi connectivity index (χ3v) is 1.43. The summed E-state index contributed by atoms with van der Waals surface area (Å²) in [5.41, 5.74) is -0.0546. The molecule has 0 atom stereocenters. The molecule has 0 bridgehead atoms. The SMILES string of the molecule is [C-]#[N+]CCc1c(F)cncc1F. The van der Waals surface area contributed by atoms with Crippen molar-refractivity contribution in [3.05, 3.63) is 41.0 Å². The first kappa shape index (κ1) is 8.60. The first-order chi connectivity index (χ1) is 5.75. The number of hydrogen-bond donors (Lipinski definition) is 0. The number of nitrogens with zero attached hydrogens (tertiary/aromatic N) is 2. The molecule has 0 aliphatic rings. The zero-order valence-corrected chi connectivity index (χ0v) is 6.22. The Morgan fingerprint density at radius 3 is 2.42 bits per heavy atom. The molecule has 62 valence electrons. The summed E-state index contributed by atoms with van der Waals surface area (Å²) < 4.78 is 25.5. The number of hydrogen-bond acceptors (Lipinski definition) is 1. The number of aromatic nitrogens is 1. The third kappa shape index (κ3) is 1.76. The summed E-state index contributed by atoms with van der Waals surface area (Å²) in [6.45, 7) is 6.55. The van der Waals surface area contributed by atoms with Crippen LogP contribution < -0.4 is 0 Å². The van der Waals surface area contributed by atoms with Crippen molar-refractivity contribution in [1.29, 1.82) is 0 Å². The van der Waals surface area contributed by atoms with Crippen molar-refractivity contribution < 1.29 is 8.78 Å². The van der Waals surface area contributed by atoms with Gasteiger partial charge in [0.25, 0.3) is 0 Å². The highest BCUT2D eigenvalue weighted by atomic mass is 19.1. The second-order valence-electron chi connectivity index (χ2n) is 2.21. The molecule has 1 rings (SSSR count). The average molecular weight is 168 g/mol. The Kier molecular flexibility index (Phi) is 2.70. The van der Waals surface area contributed by atoms with Gasteiger partial charge in [0, 0.05) is 5.56 Å². The van der Waals surface area contributed by atoms with E-state index in [9.17, 15) is 8.78 Å². The van der Waals surface area contributed by atoms with Crippen LogP contribution in [0.15, 0.2) is 12.4 Å². The molecule has 1 aromatic rings. The molecule has 1 heterocycles. The van der Waals surface area contributed by atoms with E-state index in [1.165, 1.54) is 0 Å². The molecule has 0 amide bonds. The lowest BCUT2D eigenvalue weighted by Crippen LogP contribution is -1.98. The highest BCUT2D eigenvalue weighted by Gasteiger charge is 2.09. The Balaban J connectivity index is 2.90. The molecule has 0 aliphatic carbocycles. The van der Waals surface area contributed by atoms with Crippen LogP contribution in [0.4, 0.5) is 8.78 Å². The molecule has 0 unspecified atom stereocenters. The summed E-state index contributed by atoms with van der Waals surface area (Å²) in [5, 5.41) is 0. The van der Waals surface area contributed by atoms with Gasteiger partial charge in [-0.25, -0.2) is 15.4 Å². The molecule has 2 nitrogen and oxygen atoms in total. The van der Waals surface area contributed by atoms with E-state index in [1.807, 2.05) is 0 Å². The van der Waals surface area contributed by atoms with Crippen LogP contribution in [0.2, 0.25) is 0 Å². The van der Waals surface area contributed by atoms with Crippen LogP contribution in [0.25, 0.3) is 4.85 Å². The minimum atomic E-state index is -0.682. The first-order valence-corrected chi connectivity index (χ1v) is 3.37. The van der Waals surface area contributed by atoms with Crippen LogP contribution in [0.1, 0.15) is 5.56 Å². The molecule has 0 N–H and O–H groups in total.